The number of aliphatic hydroxyl groups excluding tert-OH is 4. The van der Waals surface area contributed by atoms with E-state index in [2.05, 4.69) is 52.4 Å². The van der Waals surface area contributed by atoms with Gasteiger partial charge in [-0.1, -0.05) is 0 Å². The summed E-state index contributed by atoms with van der Waals surface area (Å²) in [5.74, 6) is 0. The number of ether oxygens (including phenoxy) is 2. The lowest BCUT2D eigenvalue weighted by molar-refractivity contribution is 0.110. The average Bonchev–Trinajstić information content (AvgIpc) is 2.72. The van der Waals surface area contributed by atoms with Crippen molar-refractivity contribution in [1.82, 2.24) is 0 Å². The van der Waals surface area contributed by atoms with Crippen LogP contribution in [0.2, 0.25) is 78.6 Å². The van der Waals surface area contributed by atoms with E-state index in [-0.39, 0.29) is 13.2 Å². The predicted molar refractivity (Wildman–Crippen MR) is 184 cm³/mol. The summed E-state index contributed by atoms with van der Waals surface area (Å²) in [6, 6.07) is 0. The summed E-state index contributed by atoms with van der Waals surface area (Å²) >= 11 is 0. The maximum Gasteiger partial charge on any atom is 0.320 e. The molecular weight excluding hydrogens is 649 g/mol. The molecule has 0 spiro atoms. The molecule has 42 heavy (non-hydrogen) atoms. The largest absolute Gasteiger partial charge is 0.435 e. The fraction of sp³-hybridized carbons (Fsp3) is 1.00. The summed E-state index contributed by atoms with van der Waals surface area (Å²) < 4.78 is 35.5. The van der Waals surface area contributed by atoms with Gasteiger partial charge in [0.05, 0.1) is 37.9 Å². The third-order valence-corrected chi connectivity index (χ3v) is 22.0. The molecule has 6 N–H and O–H groups in total. The Kier molecular flexibility index (Phi) is 27.4. The van der Waals surface area contributed by atoms with Crippen LogP contribution in [0.25, 0.3) is 0 Å². The molecule has 0 aliphatic heterocycles. The molecule has 0 aromatic carbocycles. The second kappa shape index (κ2) is 23.2. The Hall–Kier alpha value is 0.821. The van der Waals surface area contributed by atoms with Crippen LogP contribution in [-0.4, -0.2) is 132 Å². The molecule has 0 amide bonds. The van der Waals surface area contributed by atoms with E-state index in [1.165, 1.54) is 13.8 Å². The molecule has 2 atom stereocenters. The van der Waals surface area contributed by atoms with Gasteiger partial charge >= 0.3 is 34.2 Å². The van der Waals surface area contributed by atoms with Gasteiger partial charge < -0.3 is 56.0 Å². The highest BCUT2D eigenvalue weighted by molar-refractivity contribution is 6.89. The molecule has 0 bridgehead atoms. The van der Waals surface area contributed by atoms with Gasteiger partial charge in [-0.25, -0.2) is 0 Å². The average molecular weight is 717 g/mol. The van der Waals surface area contributed by atoms with E-state index in [1.807, 2.05) is 13.8 Å². The van der Waals surface area contributed by atoms with Crippen LogP contribution in [-0.2, 0) is 25.9 Å². The highest BCUT2D eigenvalue weighted by Gasteiger charge is 2.43. The fourth-order valence-corrected chi connectivity index (χ4v) is 26.5. The lowest BCUT2D eigenvalue weighted by atomic mass is 10.5. The quantitative estimate of drug-likeness (QED) is 0.129. The summed E-state index contributed by atoms with van der Waals surface area (Å²) in [5, 5.41) is 32.0. The molecule has 0 aromatic rings. The first kappa shape index (κ1) is 49.7. The first-order chi connectivity index (χ1) is 18.5. The van der Waals surface area contributed by atoms with Crippen molar-refractivity contribution in [3.8, 4) is 0 Å². The normalized spacial score (nSPS) is 14.4. The molecular formula is C24H68O12Si6. The third-order valence-electron chi connectivity index (χ3n) is 3.87. The smallest absolute Gasteiger partial charge is 0.320 e. The maximum absolute atomic E-state index is 9.14. The van der Waals surface area contributed by atoms with E-state index in [0.29, 0.717) is 12.5 Å². The van der Waals surface area contributed by atoms with Crippen LogP contribution in [0.15, 0.2) is 0 Å². The zero-order chi connectivity index (χ0) is 34.6. The summed E-state index contributed by atoms with van der Waals surface area (Å²) in [5.41, 5.74) is 0. The van der Waals surface area contributed by atoms with Gasteiger partial charge in [-0.05, 0) is 106 Å². The van der Waals surface area contributed by atoms with Crippen LogP contribution in [0.3, 0.4) is 0 Å². The van der Waals surface area contributed by atoms with Gasteiger partial charge in [-0.3, -0.25) is 0 Å². The Morgan fingerprint density at radius 2 is 0.738 bits per heavy atom. The van der Waals surface area contributed by atoms with Crippen molar-refractivity contribution < 1.29 is 56.0 Å². The summed E-state index contributed by atoms with van der Waals surface area (Å²) in [6.07, 6.45) is 0.290. The van der Waals surface area contributed by atoms with Gasteiger partial charge in [-0.2, -0.15) is 0 Å². The van der Waals surface area contributed by atoms with Crippen LogP contribution in [0.1, 0.15) is 27.7 Å². The van der Waals surface area contributed by atoms with Gasteiger partial charge in [0.25, 0.3) is 0 Å². The lowest BCUT2D eigenvalue weighted by Crippen LogP contribution is -2.58. The molecule has 0 saturated carbocycles. The maximum atomic E-state index is 9.14. The number of hydrogen-bond donors (Lipinski definition) is 6. The third kappa shape index (κ3) is 43.0. The van der Waals surface area contributed by atoms with Gasteiger partial charge in [0.1, 0.15) is 0 Å². The van der Waals surface area contributed by atoms with Gasteiger partial charge in [0.15, 0.2) is 0 Å². The first-order valence-electron chi connectivity index (χ1n) is 14.5. The van der Waals surface area contributed by atoms with Crippen molar-refractivity contribution in [2.45, 2.75) is 118 Å². The summed E-state index contributed by atoms with van der Waals surface area (Å²) in [7, 11) is -13.2. The Morgan fingerprint density at radius 3 is 0.881 bits per heavy atom. The highest BCUT2D eigenvalue weighted by atomic mass is 28.5. The zero-order valence-corrected chi connectivity index (χ0v) is 35.5. The molecule has 18 heteroatoms. The van der Waals surface area contributed by atoms with E-state index in [1.54, 1.807) is 26.2 Å². The number of hydrogen-bond acceptors (Lipinski definition) is 12. The molecule has 0 radical (unpaired) electrons. The Balaban J connectivity index is -0.000000307. The van der Waals surface area contributed by atoms with Crippen LogP contribution < -0.4 is 0 Å². The topological polar surface area (TPSA) is 177 Å². The molecule has 2 unspecified atom stereocenters. The van der Waals surface area contributed by atoms with Crippen molar-refractivity contribution in [3.63, 3.8) is 0 Å². The fourth-order valence-electron chi connectivity index (χ4n) is 3.33. The SMILES string of the molecule is CC(O)CO.CC(O)CO.CCOC[Si](C)(C)O[Si](C)(C)O[Si](C)(C)O[Si](C)(C)COCC.C[Si](C)(O)O[Si](C)(C)O. The molecule has 260 valence electrons. The van der Waals surface area contributed by atoms with E-state index < -0.39 is 63.1 Å². The van der Waals surface area contributed by atoms with Crippen molar-refractivity contribution in [2.24, 2.45) is 0 Å². The first-order valence-corrected chi connectivity index (χ1v) is 32.1. The molecule has 0 fully saturated rings. The van der Waals surface area contributed by atoms with E-state index in [0.717, 1.165) is 13.2 Å². The van der Waals surface area contributed by atoms with Crippen molar-refractivity contribution >= 4 is 50.9 Å². The summed E-state index contributed by atoms with van der Waals surface area (Å²) in [6.45, 7) is 32.0. The minimum atomic E-state index is -2.48. The standard InChI is InChI=1S/C14H38O5Si4.C4H14O3Si2.2C3H8O2/c1-11-15-13-20(3,4)17-22(7,8)19-23(9,10)18-21(5,6)14-16-12-2;1-8(2,5)7-9(3,4)6;2*1-3(5)2-4/h11-14H2,1-10H3;5-6H,1-4H3;2*3-5H,2H2,1H3. The highest BCUT2D eigenvalue weighted by Crippen LogP contribution is 2.24. The second-order valence-corrected chi connectivity index (χ2v) is 35.2. The zero-order valence-electron chi connectivity index (χ0n) is 29.5. The summed E-state index contributed by atoms with van der Waals surface area (Å²) in [4.78, 5) is 18.3. The second-order valence-electron chi connectivity index (χ2n) is 13.0. The molecule has 0 rings (SSSR count). The van der Waals surface area contributed by atoms with Gasteiger partial charge in [0, 0.05) is 13.2 Å². The Labute approximate surface area is 263 Å². The number of rotatable bonds is 16. The number of aliphatic hydroxyl groups is 4. The minimum Gasteiger partial charge on any atom is -0.435 e. The Morgan fingerprint density at radius 1 is 0.500 bits per heavy atom. The van der Waals surface area contributed by atoms with E-state index in [4.69, 9.17) is 56.0 Å². The Bertz CT molecular complexity index is 588. The van der Waals surface area contributed by atoms with Crippen LogP contribution in [0, 0.1) is 0 Å². The van der Waals surface area contributed by atoms with Crippen molar-refractivity contribution in [3.05, 3.63) is 0 Å². The van der Waals surface area contributed by atoms with E-state index >= 15 is 0 Å². The molecule has 0 heterocycles. The predicted octanol–water partition coefficient (Wildman–Crippen LogP) is 3.11. The molecule has 0 saturated heterocycles. The monoisotopic (exact) mass is 716 g/mol. The van der Waals surface area contributed by atoms with Crippen LogP contribution in [0.5, 0.6) is 0 Å². The van der Waals surface area contributed by atoms with Crippen molar-refractivity contribution in [2.75, 3.05) is 38.9 Å². The lowest BCUT2D eigenvalue weighted by Gasteiger charge is -2.40. The molecule has 12 nitrogen and oxygen atoms in total. The minimum absolute atomic E-state index is 0.139. The molecule has 0 aromatic heterocycles. The van der Waals surface area contributed by atoms with Crippen LogP contribution >= 0.6 is 0 Å². The van der Waals surface area contributed by atoms with Gasteiger partial charge in [0.2, 0.25) is 16.6 Å². The van der Waals surface area contributed by atoms with Crippen molar-refractivity contribution in [1.29, 1.82) is 0 Å². The van der Waals surface area contributed by atoms with Gasteiger partial charge in [-0.15, -0.1) is 0 Å². The molecule has 0 aliphatic carbocycles. The molecule has 0 aliphatic rings. The van der Waals surface area contributed by atoms with Crippen LogP contribution in [0.4, 0.5) is 0 Å². The van der Waals surface area contributed by atoms with E-state index in [9.17, 15) is 0 Å².